The number of halogens is 4. The van der Waals surface area contributed by atoms with Gasteiger partial charge in [-0.05, 0) is 37.6 Å². The number of nitrogens with one attached hydrogen (secondary N) is 2. The van der Waals surface area contributed by atoms with E-state index in [-0.39, 0.29) is 5.56 Å². The van der Waals surface area contributed by atoms with Gasteiger partial charge in [-0.15, -0.1) is 0 Å². The molecule has 7 nitrogen and oxygen atoms in total. The maximum absolute atomic E-state index is 14.1. The minimum Gasteiger partial charge on any atom is -0.382 e. The van der Waals surface area contributed by atoms with E-state index in [4.69, 9.17) is 5.73 Å². The van der Waals surface area contributed by atoms with Gasteiger partial charge < -0.3 is 16.0 Å². The summed E-state index contributed by atoms with van der Waals surface area (Å²) in [6, 6.07) is 5.32. The number of rotatable bonds is 3. The summed E-state index contributed by atoms with van der Waals surface area (Å²) in [7, 11) is 0. The molecule has 1 amide bonds. The Morgan fingerprint density at radius 3 is 2.69 bits per heavy atom. The second kappa shape index (κ2) is 7.83. The van der Waals surface area contributed by atoms with Gasteiger partial charge in [0.1, 0.15) is 28.7 Å². The average Bonchev–Trinajstić information content (AvgIpc) is 3.38. The zero-order valence-electron chi connectivity index (χ0n) is 18.5. The molecule has 5 aromatic rings. The number of aromatic nitrogens is 4. The molecule has 3 heterocycles. The number of aromatic amines is 1. The second-order valence-electron chi connectivity index (χ2n) is 8.05. The number of H-pyrrole nitrogens is 1. The van der Waals surface area contributed by atoms with Crippen LogP contribution in [0.1, 0.15) is 27.3 Å². The van der Waals surface area contributed by atoms with Gasteiger partial charge >= 0.3 is 6.18 Å². The minimum absolute atomic E-state index is 0.151. The number of carbonyl (C=O) groups excluding carboxylic acids is 1. The van der Waals surface area contributed by atoms with E-state index in [0.717, 1.165) is 17.0 Å². The van der Waals surface area contributed by atoms with Crippen molar-refractivity contribution in [1.29, 1.82) is 0 Å². The van der Waals surface area contributed by atoms with E-state index in [9.17, 15) is 22.4 Å². The van der Waals surface area contributed by atoms with Gasteiger partial charge in [0.2, 0.25) is 0 Å². The van der Waals surface area contributed by atoms with Crippen molar-refractivity contribution in [2.45, 2.75) is 20.0 Å². The van der Waals surface area contributed by atoms with E-state index in [1.54, 1.807) is 24.5 Å². The molecule has 0 aliphatic rings. The Hall–Kier alpha value is -4.41. The number of hydrogen-bond acceptors (Lipinski definition) is 4. The monoisotopic (exact) mass is 482 g/mol. The predicted octanol–water partition coefficient (Wildman–Crippen LogP) is 5.49. The van der Waals surface area contributed by atoms with Crippen molar-refractivity contribution in [2.24, 2.45) is 0 Å². The van der Waals surface area contributed by atoms with Gasteiger partial charge in [0, 0.05) is 35.1 Å². The summed E-state index contributed by atoms with van der Waals surface area (Å²) < 4.78 is 55.0. The van der Waals surface area contributed by atoms with Crippen LogP contribution < -0.4 is 11.1 Å². The van der Waals surface area contributed by atoms with E-state index in [1.807, 2.05) is 18.2 Å². The number of amides is 1. The molecule has 11 heteroatoms. The first-order valence-electron chi connectivity index (χ1n) is 10.4. The quantitative estimate of drug-likeness (QED) is 0.296. The average molecular weight is 482 g/mol. The highest BCUT2D eigenvalue weighted by molar-refractivity contribution is 6.14. The molecule has 0 bridgehead atoms. The fourth-order valence-electron chi connectivity index (χ4n) is 4.18. The number of anilines is 2. The third kappa shape index (κ3) is 3.65. The van der Waals surface area contributed by atoms with Crippen LogP contribution in [0, 0.1) is 19.7 Å². The molecule has 3 aromatic heterocycles. The van der Waals surface area contributed by atoms with Crippen LogP contribution in [-0.4, -0.2) is 25.3 Å². The van der Waals surface area contributed by atoms with Crippen molar-refractivity contribution in [1.82, 2.24) is 19.4 Å². The topological polar surface area (TPSA) is 101 Å². The summed E-state index contributed by atoms with van der Waals surface area (Å²) >= 11 is 0. The number of alkyl halides is 3. The van der Waals surface area contributed by atoms with E-state index in [1.165, 1.54) is 6.20 Å². The maximum Gasteiger partial charge on any atom is 0.416 e. The number of benzene rings is 2. The SMILES string of the molecule is Cc1c(-c2nc(C)n3ccnc(N)c23)ccc2c(C(=O)Nc3cc(C(F)(F)F)ccc3F)c[nH]c12. The molecule has 0 saturated heterocycles. The highest BCUT2D eigenvalue weighted by Crippen LogP contribution is 2.35. The molecule has 178 valence electrons. The lowest BCUT2D eigenvalue weighted by atomic mass is 10.0. The first-order valence-corrected chi connectivity index (χ1v) is 10.4. The molecule has 0 aliphatic carbocycles. The molecule has 0 atom stereocenters. The highest BCUT2D eigenvalue weighted by atomic mass is 19.4. The van der Waals surface area contributed by atoms with Crippen molar-refractivity contribution < 1.29 is 22.4 Å². The number of nitrogens with two attached hydrogens (primary N) is 1. The smallest absolute Gasteiger partial charge is 0.382 e. The van der Waals surface area contributed by atoms with Crippen LogP contribution in [-0.2, 0) is 6.18 Å². The van der Waals surface area contributed by atoms with Crippen molar-refractivity contribution in [3.8, 4) is 11.3 Å². The second-order valence-corrected chi connectivity index (χ2v) is 8.05. The largest absolute Gasteiger partial charge is 0.416 e. The Morgan fingerprint density at radius 2 is 1.94 bits per heavy atom. The zero-order valence-corrected chi connectivity index (χ0v) is 18.5. The van der Waals surface area contributed by atoms with E-state index in [0.29, 0.717) is 46.1 Å². The zero-order chi connectivity index (χ0) is 25.1. The Morgan fingerprint density at radius 1 is 1.17 bits per heavy atom. The van der Waals surface area contributed by atoms with E-state index in [2.05, 4.69) is 20.3 Å². The van der Waals surface area contributed by atoms with Gasteiger partial charge in [-0.3, -0.25) is 9.20 Å². The molecule has 35 heavy (non-hydrogen) atoms. The predicted molar refractivity (Wildman–Crippen MR) is 124 cm³/mol. The van der Waals surface area contributed by atoms with Crippen LogP contribution in [0.4, 0.5) is 29.1 Å². The lowest BCUT2D eigenvalue weighted by Crippen LogP contribution is -2.14. The Balaban J connectivity index is 1.55. The molecule has 4 N–H and O–H groups in total. The number of hydrogen-bond donors (Lipinski definition) is 3. The third-order valence-electron chi connectivity index (χ3n) is 5.92. The molecule has 0 spiro atoms. The van der Waals surface area contributed by atoms with Gasteiger partial charge in [-0.2, -0.15) is 13.2 Å². The lowest BCUT2D eigenvalue weighted by molar-refractivity contribution is -0.137. The van der Waals surface area contributed by atoms with Crippen LogP contribution in [0.5, 0.6) is 0 Å². The van der Waals surface area contributed by atoms with E-state index >= 15 is 0 Å². The highest BCUT2D eigenvalue weighted by Gasteiger charge is 2.31. The Labute approximate surface area is 195 Å². The van der Waals surface area contributed by atoms with Gasteiger partial charge in [0.15, 0.2) is 0 Å². The third-order valence-corrected chi connectivity index (χ3v) is 5.92. The normalized spacial score (nSPS) is 11.9. The van der Waals surface area contributed by atoms with Crippen LogP contribution in [0.15, 0.2) is 48.9 Å². The number of aryl methyl sites for hydroxylation is 2. The summed E-state index contributed by atoms with van der Waals surface area (Å²) in [6.07, 6.45) is 0.0973. The van der Waals surface area contributed by atoms with Gasteiger partial charge in [-0.25, -0.2) is 14.4 Å². The maximum atomic E-state index is 14.1. The molecule has 0 radical (unpaired) electrons. The fraction of sp³-hybridized carbons (Fsp3) is 0.125. The van der Waals surface area contributed by atoms with Crippen LogP contribution >= 0.6 is 0 Å². The molecule has 2 aromatic carbocycles. The molecule has 0 fully saturated rings. The first kappa shape index (κ1) is 22.4. The van der Waals surface area contributed by atoms with Gasteiger partial charge in [0.05, 0.1) is 16.8 Å². The molecular weight excluding hydrogens is 464 g/mol. The van der Waals surface area contributed by atoms with Gasteiger partial charge in [-0.1, -0.05) is 12.1 Å². The fourth-order valence-corrected chi connectivity index (χ4v) is 4.18. The van der Waals surface area contributed by atoms with Gasteiger partial charge in [0.25, 0.3) is 5.91 Å². The summed E-state index contributed by atoms with van der Waals surface area (Å²) in [5.74, 6) is -0.688. The molecule has 0 saturated carbocycles. The van der Waals surface area contributed by atoms with Crippen LogP contribution in [0.25, 0.3) is 27.7 Å². The molecule has 0 unspecified atom stereocenters. The summed E-state index contributed by atoms with van der Waals surface area (Å²) in [6.45, 7) is 3.68. The Kier molecular flexibility index (Phi) is 5.01. The molecule has 0 aliphatic heterocycles. The minimum atomic E-state index is -4.67. The summed E-state index contributed by atoms with van der Waals surface area (Å²) in [5.41, 5.74) is 8.07. The van der Waals surface area contributed by atoms with Crippen molar-refractivity contribution in [3.63, 3.8) is 0 Å². The van der Waals surface area contributed by atoms with Crippen molar-refractivity contribution in [2.75, 3.05) is 11.1 Å². The number of nitrogen functional groups attached to an aromatic ring is 1. The first-order chi connectivity index (χ1) is 16.6. The van der Waals surface area contributed by atoms with Crippen molar-refractivity contribution >= 4 is 33.8 Å². The standard InChI is InChI=1S/C24H18F4N6O/c1-11-14(20-21-22(29)30-7-8-34(21)12(2)32-20)4-5-15-16(10-31-19(11)15)23(35)33-18-9-13(24(26,27)28)3-6-17(18)25/h3-10,31H,1-2H3,(H2,29,30)(H,33,35). The lowest BCUT2D eigenvalue weighted by Gasteiger charge is -2.11. The van der Waals surface area contributed by atoms with E-state index < -0.39 is 29.2 Å². The number of fused-ring (bicyclic) bond motifs is 2. The van der Waals surface area contributed by atoms with Crippen LogP contribution in [0.2, 0.25) is 0 Å². The van der Waals surface area contributed by atoms with Crippen LogP contribution in [0.3, 0.4) is 0 Å². The summed E-state index contributed by atoms with van der Waals surface area (Å²) in [5, 5.41) is 2.76. The summed E-state index contributed by atoms with van der Waals surface area (Å²) in [4.78, 5) is 24.7. The molecule has 5 rings (SSSR count). The number of carbonyl (C=O) groups is 1. The number of imidazole rings is 1. The Bertz CT molecular complexity index is 1630. The number of nitrogens with zero attached hydrogens (tertiary/aromatic N) is 3. The molecular formula is C24H18F4N6O. The van der Waals surface area contributed by atoms with Crippen molar-refractivity contribution in [3.05, 3.63) is 77.3 Å².